The van der Waals surface area contributed by atoms with E-state index in [2.05, 4.69) is 19.2 Å². The van der Waals surface area contributed by atoms with Gasteiger partial charge in [-0.1, -0.05) is 26.7 Å². The topological polar surface area (TPSA) is 55.1 Å². The van der Waals surface area contributed by atoms with Crippen LogP contribution in [0.2, 0.25) is 0 Å². The molecule has 1 fully saturated rings. The summed E-state index contributed by atoms with van der Waals surface area (Å²) in [6, 6.07) is 0.662. The van der Waals surface area contributed by atoms with E-state index in [1.165, 1.54) is 0 Å². The van der Waals surface area contributed by atoms with Gasteiger partial charge in [-0.25, -0.2) is 0 Å². The molecular formula is C12H24N2O. The molecule has 3 heteroatoms. The number of nitrogens with one attached hydrogen (secondary N) is 1. The van der Waals surface area contributed by atoms with Gasteiger partial charge in [0.1, 0.15) is 0 Å². The lowest BCUT2D eigenvalue weighted by Gasteiger charge is -2.34. The van der Waals surface area contributed by atoms with Gasteiger partial charge in [0.05, 0.1) is 0 Å². The highest BCUT2D eigenvalue weighted by Crippen LogP contribution is 2.20. The maximum atomic E-state index is 11.9. The maximum absolute atomic E-state index is 11.9. The smallest absolute Gasteiger partial charge is 0.223 e. The number of amides is 1. The zero-order chi connectivity index (χ0) is 11.3. The van der Waals surface area contributed by atoms with E-state index in [0.717, 1.165) is 38.5 Å². The molecule has 88 valence electrons. The van der Waals surface area contributed by atoms with Crippen LogP contribution in [0.1, 0.15) is 52.4 Å². The van der Waals surface area contributed by atoms with Gasteiger partial charge in [0.25, 0.3) is 0 Å². The molecule has 1 aliphatic rings. The van der Waals surface area contributed by atoms with Crippen LogP contribution < -0.4 is 11.1 Å². The molecule has 0 spiro atoms. The van der Waals surface area contributed by atoms with Crippen LogP contribution in [0.25, 0.3) is 0 Å². The van der Waals surface area contributed by atoms with Gasteiger partial charge in [0.2, 0.25) is 5.91 Å². The molecule has 3 N–H and O–H groups in total. The van der Waals surface area contributed by atoms with Crippen LogP contribution in [-0.4, -0.2) is 18.0 Å². The number of carbonyl (C=O) groups excluding carboxylic acids is 1. The molecule has 0 radical (unpaired) electrons. The van der Waals surface area contributed by atoms with Gasteiger partial charge in [-0.15, -0.1) is 0 Å². The second-order valence-corrected chi connectivity index (χ2v) is 4.71. The van der Waals surface area contributed by atoms with Crippen molar-refractivity contribution in [3.63, 3.8) is 0 Å². The summed E-state index contributed by atoms with van der Waals surface area (Å²) in [7, 11) is 0. The molecule has 0 aromatic heterocycles. The van der Waals surface area contributed by atoms with Gasteiger partial charge in [0, 0.05) is 18.0 Å². The van der Waals surface area contributed by atoms with E-state index in [-0.39, 0.29) is 11.8 Å². The van der Waals surface area contributed by atoms with E-state index in [9.17, 15) is 4.79 Å². The van der Waals surface area contributed by atoms with E-state index in [4.69, 9.17) is 5.73 Å². The Kier molecular flexibility index (Phi) is 5.09. The fourth-order valence-corrected chi connectivity index (χ4v) is 2.20. The molecule has 15 heavy (non-hydrogen) atoms. The summed E-state index contributed by atoms with van der Waals surface area (Å²) in [5.41, 5.74) is 5.69. The SMILES string of the molecule is CCCC(CCC)C(=O)NC1CC(N)C1. The maximum Gasteiger partial charge on any atom is 0.223 e. The Bertz CT molecular complexity index is 194. The van der Waals surface area contributed by atoms with Crippen molar-refractivity contribution in [2.45, 2.75) is 64.5 Å². The highest BCUT2D eigenvalue weighted by atomic mass is 16.1. The van der Waals surface area contributed by atoms with Crippen LogP contribution in [-0.2, 0) is 4.79 Å². The van der Waals surface area contributed by atoms with Crippen molar-refractivity contribution in [3.8, 4) is 0 Å². The molecule has 1 aliphatic carbocycles. The Hall–Kier alpha value is -0.570. The fourth-order valence-electron chi connectivity index (χ4n) is 2.20. The Morgan fingerprint density at radius 3 is 2.27 bits per heavy atom. The van der Waals surface area contributed by atoms with Crippen LogP contribution in [0.15, 0.2) is 0 Å². The molecule has 1 amide bonds. The lowest BCUT2D eigenvalue weighted by molar-refractivity contribution is -0.126. The second-order valence-electron chi connectivity index (χ2n) is 4.71. The number of hydrogen-bond acceptors (Lipinski definition) is 2. The van der Waals surface area contributed by atoms with E-state index < -0.39 is 0 Å². The van der Waals surface area contributed by atoms with E-state index >= 15 is 0 Å². The van der Waals surface area contributed by atoms with Crippen LogP contribution >= 0.6 is 0 Å². The van der Waals surface area contributed by atoms with Crippen molar-refractivity contribution in [3.05, 3.63) is 0 Å². The zero-order valence-corrected chi connectivity index (χ0v) is 9.96. The van der Waals surface area contributed by atoms with E-state index in [1.54, 1.807) is 0 Å². The van der Waals surface area contributed by atoms with Crippen molar-refractivity contribution >= 4 is 5.91 Å². The van der Waals surface area contributed by atoms with Crippen LogP contribution in [0.5, 0.6) is 0 Å². The van der Waals surface area contributed by atoms with Crippen molar-refractivity contribution in [1.82, 2.24) is 5.32 Å². The summed E-state index contributed by atoms with van der Waals surface area (Å²) >= 11 is 0. The zero-order valence-electron chi connectivity index (χ0n) is 9.96. The van der Waals surface area contributed by atoms with Crippen molar-refractivity contribution in [1.29, 1.82) is 0 Å². The molecule has 0 unspecified atom stereocenters. The van der Waals surface area contributed by atoms with E-state index in [1.807, 2.05) is 0 Å². The molecule has 0 atom stereocenters. The van der Waals surface area contributed by atoms with Crippen molar-refractivity contribution in [2.24, 2.45) is 11.7 Å². The third-order valence-corrected chi connectivity index (χ3v) is 3.17. The van der Waals surface area contributed by atoms with Gasteiger partial charge in [-0.3, -0.25) is 4.79 Å². The first-order valence-corrected chi connectivity index (χ1v) is 6.23. The third kappa shape index (κ3) is 3.82. The monoisotopic (exact) mass is 212 g/mol. The summed E-state index contributed by atoms with van der Waals surface area (Å²) in [6.45, 7) is 4.27. The highest BCUT2D eigenvalue weighted by Gasteiger charge is 2.28. The number of rotatable bonds is 6. The number of hydrogen-bond donors (Lipinski definition) is 2. The van der Waals surface area contributed by atoms with Crippen LogP contribution in [0.4, 0.5) is 0 Å². The Morgan fingerprint density at radius 2 is 1.87 bits per heavy atom. The first-order valence-electron chi connectivity index (χ1n) is 6.23. The van der Waals surface area contributed by atoms with Crippen LogP contribution in [0, 0.1) is 5.92 Å². The van der Waals surface area contributed by atoms with E-state index in [0.29, 0.717) is 12.1 Å². The standard InChI is InChI=1S/C12H24N2O/c1-3-5-9(6-4-2)12(15)14-11-7-10(13)8-11/h9-11H,3-8,13H2,1-2H3,(H,14,15). The lowest BCUT2D eigenvalue weighted by atomic mass is 9.86. The van der Waals surface area contributed by atoms with Crippen molar-refractivity contribution in [2.75, 3.05) is 0 Å². The molecule has 3 nitrogen and oxygen atoms in total. The summed E-state index contributed by atoms with van der Waals surface area (Å²) in [4.78, 5) is 11.9. The van der Waals surface area contributed by atoms with Gasteiger partial charge < -0.3 is 11.1 Å². The Labute approximate surface area is 92.8 Å². The first kappa shape index (κ1) is 12.5. The second kappa shape index (κ2) is 6.11. The molecule has 1 rings (SSSR count). The third-order valence-electron chi connectivity index (χ3n) is 3.17. The largest absolute Gasteiger partial charge is 0.353 e. The summed E-state index contributed by atoms with van der Waals surface area (Å²) < 4.78 is 0. The minimum Gasteiger partial charge on any atom is -0.353 e. The van der Waals surface area contributed by atoms with Gasteiger partial charge in [0.15, 0.2) is 0 Å². The molecule has 0 aliphatic heterocycles. The number of carbonyl (C=O) groups is 1. The molecule has 1 saturated carbocycles. The molecular weight excluding hydrogens is 188 g/mol. The summed E-state index contributed by atoms with van der Waals surface area (Å²) in [6.07, 6.45) is 6.11. The number of nitrogens with two attached hydrogens (primary N) is 1. The lowest BCUT2D eigenvalue weighted by Crippen LogP contribution is -2.51. The average molecular weight is 212 g/mol. The molecule has 0 aromatic rings. The Balaban J connectivity index is 2.28. The quantitative estimate of drug-likeness (QED) is 0.705. The van der Waals surface area contributed by atoms with Gasteiger partial charge in [-0.05, 0) is 25.7 Å². The van der Waals surface area contributed by atoms with Crippen LogP contribution in [0.3, 0.4) is 0 Å². The predicted molar refractivity (Wildman–Crippen MR) is 62.4 cm³/mol. The summed E-state index contributed by atoms with van der Waals surface area (Å²) in [5, 5.41) is 3.10. The molecule has 0 aromatic carbocycles. The summed E-state index contributed by atoms with van der Waals surface area (Å²) in [5.74, 6) is 0.465. The minimum absolute atomic E-state index is 0.219. The first-order chi connectivity index (χ1) is 7.17. The predicted octanol–water partition coefficient (Wildman–Crippen LogP) is 1.81. The normalized spacial score (nSPS) is 25.1. The van der Waals surface area contributed by atoms with Gasteiger partial charge >= 0.3 is 0 Å². The Morgan fingerprint density at radius 1 is 1.33 bits per heavy atom. The molecule has 0 heterocycles. The van der Waals surface area contributed by atoms with Crippen molar-refractivity contribution < 1.29 is 4.79 Å². The molecule has 0 saturated heterocycles. The van der Waals surface area contributed by atoms with Gasteiger partial charge in [-0.2, -0.15) is 0 Å². The highest BCUT2D eigenvalue weighted by molar-refractivity contribution is 5.79. The minimum atomic E-state index is 0.219. The average Bonchev–Trinajstić information content (AvgIpc) is 2.15. The fraction of sp³-hybridized carbons (Fsp3) is 0.917. The molecule has 0 bridgehead atoms.